The summed E-state index contributed by atoms with van der Waals surface area (Å²) >= 11 is 3.21. The zero-order valence-electron chi connectivity index (χ0n) is 15.8. The molecule has 0 radical (unpaired) electrons. The number of hydrogen-bond acceptors (Lipinski definition) is 3. The molecule has 0 saturated carbocycles. The third-order valence-corrected chi connectivity index (χ3v) is 6.14. The molecule has 146 valence electrons. The maximum absolute atomic E-state index is 12.9. The average molecular weight is 452 g/mol. The quantitative estimate of drug-likeness (QED) is 0.564. The lowest BCUT2D eigenvalue weighted by atomic mass is 9.93. The van der Waals surface area contributed by atoms with Gasteiger partial charge in [0.25, 0.3) is 17.4 Å². The van der Waals surface area contributed by atoms with Gasteiger partial charge in [0.2, 0.25) is 0 Å². The van der Waals surface area contributed by atoms with Crippen molar-refractivity contribution in [2.45, 2.75) is 19.9 Å². The normalized spacial score (nSPS) is 15.0. The minimum atomic E-state index is -0.365. The number of carbonyl (C=O) groups is 2. The first kappa shape index (κ1) is 19.1. The number of hydrogen-bond donors (Lipinski definition) is 3. The van der Waals surface area contributed by atoms with Crippen molar-refractivity contribution in [3.05, 3.63) is 96.9 Å². The zero-order chi connectivity index (χ0) is 20.7. The lowest BCUT2D eigenvalue weighted by Crippen LogP contribution is -2.22. The lowest BCUT2D eigenvalue weighted by Gasteiger charge is -2.18. The molecule has 3 aromatic rings. The van der Waals surface area contributed by atoms with E-state index < -0.39 is 0 Å². The summed E-state index contributed by atoms with van der Waals surface area (Å²) in [6, 6.07) is 12.7. The number of fused-ring (bicyclic) bond motifs is 1. The van der Waals surface area contributed by atoms with Crippen LogP contribution in [0.4, 0.5) is 5.69 Å². The number of aryl methyl sites for hydroxylation is 1. The van der Waals surface area contributed by atoms with Crippen molar-refractivity contribution in [2.24, 2.45) is 0 Å². The third kappa shape index (κ3) is 3.27. The number of aromatic amines is 1. The Labute approximate surface area is 175 Å². The molecular weight excluding hydrogens is 434 g/mol. The summed E-state index contributed by atoms with van der Waals surface area (Å²) in [5, 5.41) is 5.92. The standard InChI is InChI=1S/C22H18BrN3O3/c1-11-6-3-4-7-13(11)19-17-14(20(27)26-19)8-5-9-16(17)25-21(28)15-10-24-22(29)18(23)12(15)2/h3-10,19H,1-2H3,(H,24,29)(H,25,28)(H,26,27). The minimum absolute atomic E-state index is 0.174. The molecule has 0 aliphatic carbocycles. The predicted molar refractivity (Wildman–Crippen MR) is 114 cm³/mol. The predicted octanol–water partition coefficient (Wildman–Crippen LogP) is 3.84. The molecule has 1 atom stereocenters. The Balaban J connectivity index is 1.77. The van der Waals surface area contributed by atoms with Crippen LogP contribution in [-0.4, -0.2) is 16.8 Å². The van der Waals surface area contributed by atoms with E-state index in [0.717, 1.165) is 16.7 Å². The second kappa shape index (κ2) is 7.33. The summed E-state index contributed by atoms with van der Waals surface area (Å²) in [4.78, 5) is 39.7. The number of H-pyrrole nitrogens is 1. The summed E-state index contributed by atoms with van der Waals surface area (Å²) in [5.41, 5.74) is 4.45. The van der Waals surface area contributed by atoms with Crippen molar-refractivity contribution in [3.8, 4) is 0 Å². The van der Waals surface area contributed by atoms with Crippen molar-refractivity contribution in [1.82, 2.24) is 10.3 Å². The molecule has 0 fully saturated rings. The molecular formula is C22H18BrN3O3. The Bertz CT molecular complexity index is 1220. The molecule has 1 unspecified atom stereocenters. The molecule has 1 aliphatic rings. The van der Waals surface area contributed by atoms with Gasteiger partial charge in [-0.05, 0) is 58.6 Å². The van der Waals surface area contributed by atoms with Crippen LogP contribution in [0.1, 0.15) is 49.0 Å². The fourth-order valence-electron chi connectivity index (χ4n) is 3.63. The van der Waals surface area contributed by atoms with Crippen molar-refractivity contribution in [2.75, 3.05) is 5.32 Å². The van der Waals surface area contributed by atoms with Gasteiger partial charge in [-0.3, -0.25) is 14.4 Å². The van der Waals surface area contributed by atoms with E-state index in [2.05, 4.69) is 31.5 Å². The largest absolute Gasteiger partial charge is 0.341 e. The van der Waals surface area contributed by atoms with Gasteiger partial charge in [-0.2, -0.15) is 0 Å². The average Bonchev–Trinajstić information content (AvgIpc) is 3.04. The first-order valence-electron chi connectivity index (χ1n) is 9.07. The van der Waals surface area contributed by atoms with Gasteiger partial charge in [-0.25, -0.2) is 0 Å². The molecule has 7 heteroatoms. The maximum atomic E-state index is 12.9. The Morgan fingerprint density at radius 1 is 1.07 bits per heavy atom. The van der Waals surface area contributed by atoms with E-state index in [1.54, 1.807) is 25.1 Å². The van der Waals surface area contributed by atoms with Crippen LogP contribution in [0.15, 0.2) is 57.9 Å². The Hall–Kier alpha value is -3.19. The lowest BCUT2D eigenvalue weighted by molar-refractivity contribution is 0.0959. The third-order valence-electron chi connectivity index (χ3n) is 5.19. The highest BCUT2D eigenvalue weighted by Crippen LogP contribution is 2.37. The monoisotopic (exact) mass is 451 g/mol. The summed E-state index contributed by atoms with van der Waals surface area (Å²) in [5.74, 6) is -0.539. The van der Waals surface area contributed by atoms with E-state index in [1.165, 1.54) is 6.20 Å². The van der Waals surface area contributed by atoms with Crippen molar-refractivity contribution >= 4 is 33.4 Å². The highest BCUT2D eigenvalue weighted by Gasteiger charge is 2.33. The fourth-order valence-corrected chi connectivity index (χ4v) is 3.96. The van der Waals surface area contributed by atoms with Crippen LogP contribution in [0.3, 0.4) is 0 Å². The Morgan fingerprint density at radius 3 is 2.59 bits per heavy atom. The molecule has 2 heterocycles. The van der Waals surface area contributed by atoms with Crippen LogP contribution in [0.5, 0.6) is 0 Å². The summed E-state index contributed by atoms with van der Waals surface area (Å²) in [6.07, 6.45) is 1.39. The zero-order valence-corrected chi connectivity index (χ0v) is 17.4. The second-order valence-corrected chi connectivity index (χ2v) is 7.75. The van der Waals surface area contributed by atoms with Gasteiger partial charge in [0.1, 0.15) is 0 Å². The topological polar surface area (TPSA) is 91.1 Å². The summed E-state index contributed by atoms with van der Waals surface area (Å²) in [7, 11) is 0. The molecule has 1 aromatic heterocycles. The highest BCUT2D eigenvalue weighted by atomic mass is 79.9. The van der Waals surface area contributed by atoms with E-state index in [4.69, 9.17) is 0 Å². The number of pyridine rings is 1. The molecule has 4 rings (SSSR count). The van der Waals surface area contributed by atoms with Crippen LogP contribution in [0.2, 0.25) is 0 Å². The number of halogens is 1. The van der Waals surface area contributed by atoms with Gasteiger partial charge in [0.05, 0.1) is 16.1 Å². The smallest absolute Gasteiger partial charge is 0.262 e. The molecule has 2 aromatic carbocycles. The molecule has 2 amide bonds. The van der Waals surface area contributed by atoms with Crippen molar-refractivity contribution in [1.29, 1.82) is 0 Å². The van der Waals surface area contributed by atoms with E-state index >= 15 is 0 Å². The first-order chi connectivity index (χ1) is 13.9. The Morgan fingerprint density at radius 2 is 1.83 bits per heavy atom. The van der Waals surface area contributed by atoms with E-state index in [-0.39, 0.29) is 23.4 Å². The van der Waals surface area contributed by atoms with Crippen LogP contribution < -0.4 is 16.2 Å². The SMILES string of the molecule is Cc1ccccc1C1NC(=O)c2cccc(NC(=O)c3c[nH]c(=O)c(Br)c3C)c21. The number of anilines is 1. The van der Waals surface area contributed by atoms with Crippen LogP contribution in [0.25, 0.3) is 0 Å². The second-order valence-electron chi connectivity index (χ2n) is 6.95. The molecule has 29 heavy (non-hydrogen) atoms. The molecule has 3 N–H and O–H groups in total. The summed E-state index contributed by atoms with van der Waals surface area (Å²) < 4.78 is 0.318. The Kier molecular flexibility index (Phi) is 4.84. The number of carbonyl (C=O) groups excluding carboxylic acids is 2. The van der Waals surface area contributed by atoms with Crippen LogP contribution >= 0.6 is 15.9 Å². The molecule has 6 nitrogen and oxygen atoms in total. The maximum Gasteiger partial charge on any atom is 0.262 e. The number of aromatic nitrogens is 1. The van der Waals surface area contributed by atoms with E-state index in [1.807, 2.05) is 31.2 Å². The fraction of sp³-hybridized carbons (Fsp3) is 0.136. The van der Waals surface area contributed by atoms with Gasteiger partial charge in [-0.1, -0.05) is 30.3 Å². The van der Waals surface area contributed by atoms with Crippen LogP contribution in [0, 0.1) is 13.8 Å². The van der Waals surface area contributed by atoms with E-state index in [9.17, 15) is 14.4 Å². The van der Waals surface area contributed by atoms with Gasteiger partial charge in [0.15, 0.2) is 0 Å². The molecule has 0 saturated heterocycles. The number of rotatable bonds is 3. The summed E-state index contributed by atoms with van der Waals surface area (Å²) in [6.45, 7) is 3.69. The minimum Gasteiger partial charge on any atom is -0.341 e. The van der Waals surface area contributed by atoms with Gasteiger partial charge in [-0.15, -0.1) is 0 Å². The number of nitrogens with one attached hydrogen (secondary N) is 3. The van der Waals surface area contributed by atoms with Gasteiger partial charge in [0, 0.05) is 23.0 Å². The molecule has 0 bridgehead atoms. The highest BCUT2D eigenvalue weighted by molar-refractivity contribution is 9.10. The van der Waals surface area contributed by atoms with Crippen molar-refractivity contribution < 1.29 is 9.59 Å². The molecule has 1 aliphatic heterocycles. The number of amides is 2. The van der Waals surface area contributed by atoms with Gasteiger partial charge >= 0.3 is 0 Å². The number of benzene rings is 2. The van der Waals surface area contributed by atoms with Gasteiger partial charge < -0.3 is 15.6 Å². The van der Waals surface area contributed by atoms with Crippen LogP contribution in [-0.2, 0) is 0 Å². The van der Waals surface area contributed by atoms with Crippen molar-refractivity contribution in [3.63, 3.8) is 0 Å². The molecule has 0 spiro atoms. The van der Waals surface area contributed by atoms with E-state index in [0.29, 0.717) is 26.9 Å². The first-order valence-corrected chi connectivity index (χ1v) is 9.86.